The standard InChI is InChI=1S/C21H28O2/c1-13(22)17-6-7-18-16-5-4-14-12-15(23)8-10-20(14,2)19(16)9-11-21(17,18)3/h6,12,16,18-19H,4-5,7-11H2,1-3H3/t16-,18-,19-,20-,21-/m1/s1. The SMILES string of the molecule is CC(=O)C1=CC[C@@H]2[C@H]3CCC4=CC(=O)CC[C@@]4(C)[C@@H]3CC[C@]12C. The van der Waals surface area contributed by atoms with Gasteiger partial charge in [-0.1, -0.05) is 25.5 Å². The molecular weight excluding hydrogens is 284 g/mol. The number of hydrogen-bond acceptors (Lipinski definition) is 2. The van der Waals surface area contributed by atoms with Crippen LogP contribution in [0.5, 0.6) is 0 Å². The summed E-state index contributed by atoms with van der Waals surface area (Å²) in [6.07, 6.45) is 11.7. The second-order valence-corrected chi connectivity index (χ2v) is 8.83. The molecule has 0 aromatic heterocycles. The number of carbonyl (C=O) groups is 2. The van der Waals surface area contributed by atoms with Crippen molar-refractivity contribution in [2.75, 3.05) is 0 Å². The highest BCUT2D eigenvalue weighted by molar-refractivity contribution is 5.95. The van der Waals surface area contributed by atoms with Gasteiger partial charge in [-0.25, -0.2) is 0 Å². The minimum atomic E-state index is 0.106. The van der Waals surface area contributed by atoms with Crippen LogP contribution in [0, 0.1) is 28.6 Å². The predicted molar refractivity (Wildman–Crippen MR) is 90.9 cm³/mol. The Morgan fingerprint density at radius 3 is 2.61 bits per heavy atom. The molecule has 0 spiro atoms. The van der Waals surface area contributed by atoms with E-state index in [1.807, 2.05) is 6.08 Å². The fraction of sp³-hybridized carbons (Fsp3) is 0.714. The molecule has 4 aliphatic rings. The van der Waals surface area contributed by atoms with Crippen LogP contribution in [0.4, 0.5) is 0 Å². The summed E-state index contributed by atoms with van der Waals surface area (Å²) in [4.78, 5) is 23.9. The zero-order valence-corrected chi connectivity index (χ0v) is 14.7. The summed E-state index contributed by atoms with van der Waals surface area (Å²) in [5.74, 6) is 2.67. The zero-order valence-electron chi connectivity index (χ0n) is 14.7. The van der Waals surface area contributed by atoms with E-state index in [0.29, 0.717) is 17.6 Å². The van der Waals surface area contributed by atoms with Gasteiger partial charge in [0.15, 0.2) is 11.6 Å². The lowest BCUT2D eigenvalue weighted by atomic mass is 9.47. The highest BCUT2D eigenvalue weighted by Gasteiger charge is 2.57. The molecule has 0 N–H and O–H groups in total. The molecule has 2 saturated carbocycles. The number of allylic oxidation sites excluding steroid dienone is 4. The number of rotatable bonds is 1. The lowest BCUT2D eigenvalue weighted by molar-refractivity contribution is -0.118. The van der Waals surface area contributed by atoms with E-state index < -0.39 is 0 Å². The molecule has 0 radical (unpaired) electrons. The van der Waals surface area contributed by atoms with Gasteiger partial charge in [-0.2, -0.15) is 0 Å². The van der Waals surface area contributed by atoms with Gasteiger partial charge in [0.05, 0.1) is 0 Å². The molecule has 2 heteroatoms. The third kappa shape index (κ3) is 1.99. The topological polar surface area (TPSA) is 34.1 Å². The molecule has 0 saturated heterocycles. The fourth-order valence-electron chi connectivity index (χ4n) is 6.67. The van der Waals surface area contributed by atoms with Crippen LogP contribution >= 0.6 is 0 Å². The molecule has 0 amide bonds. The highest BCUT2D eigenvalue weighted by Crippen LogP contribution is 2.65. The summed E-state index contributed by atoms with van der Waals surface area (Å²) >= 11 is 0. The largest absolute Gasteiger partial charge is 0.295 e. The van der Waals surface area contributed by atoms with Crippen LogP contribution in [0.25, 0.3) is 0 Å². The van der Waals surface area contributed by atoms with Crippen molar-refractivity contribution in [1.29, 1.82) is 0 Å². The first-order valence-electron chi connectivity index (χ1n) is 9.32. The van der Waals surface area contributed by atoms with Crippen molar-refractivity contribution < 1.29 is 9.59 Å². The molecule has 0 unspecified atom stereocenters. The van der Waals surface area contributed by atoms with Gasteiger partial charge in [0.2, 0.25) is 0 Å². The number of Topliss-reactive ketones (excluding diaryl/α,β-unsaturated/α-hetero) is 1. The van der Waals surface area contributed by atoms with Gasteiger partial charge in [0, 0.05) is 6.42 Å². The maximum absolute atomic E-state index is 12.1. The van der Waals surface area contributed by atoms with E-state index in [4.69, 9.17) is 0 Å². The molecule has 0 bridgehead atoms. The van der Waals surface area contributed by atoms with Crippen LogP contribution in [0.3, 0.4) is 0 Å². The average molecular weight is 312 g/mol. The normalized spacial score (nSPS) is 45.5. The van der Waals surface area contributed by atoms with Crippen LogP contribution in [-0.4, -0.2) is 11.6 Å². The molecule has 0 heterocycles. The van der Waals surface area contributed by atoms with Crippen molar-refractivity contribution >= 4 is 11.6 Å². The van der Waals surface area contributed by atoms with E-state index in [2.05, 4.69) is 19.9 Å². The minimum Gasteiger partial charge on any atom is -0.295 e. The van der Waals surface area contributed by atoms with Gasteiger partial charge in [-0.05, 0) is 85.7 Å². The van der Waals surface area contributed by atoms with Crippen LogP contribution in [0.2, 0.25) is 0 Å². The second kappa shape index (κ2) is 4.91. The van der Waals surface area contributed by atoms with Gasteiger partial charge in [-0.15, -0.1) is 0 Å². The summed E-state index contributed by atoms with van der Waals surface area (Å²) < 4.78 is 0. The number of carbonyl (C=O) groups excluding carboxylic acids is 2. The molecule has 0 aromatic carbocycles. The van der Waals surface area contributed by atoms with Gasteiger partial charge in [0.25, 0.3) is 0 Å². The van der Waals surface area contributed by atoms with Gasteiger partial charge < -0.3 is 0 Å². The number of fused-ring (bicyclic) bond motifs is 5. The van der Waals surface area contributed by atoms with Gasteiger partial charge in [-0.3, -0.25) is 9.59 Å². The Bertz CT molecular complexity index is 640. The first-order chi connectivity index (χ1) is 10.9. The second-order valence-electron chi connectivity index (χ2n) is 8.83. The van der Waals surface area contributed by atoms with E-state index >= 15 is 0 Å². The van der Waals surface area contributed by atoms with E-state index in [0.717, 1.165) is 43.6 Å². The Balaban J connectivity index is 1.68. The molecule has 4 aliphatic carbocycles. The fourth-order valence-corrected chi connectivity index (χ4v) is 6.67. The molecule has 5 atom stereocenters. The van der Waals surface area contributed by atoms with Crippen LogP contribution in [0.1, 0.15) is 65.7 Å². The molecule has 124 valence electrons. The van der Waals surface area contributed by atoms with Crippen molar-refractivity contribution in [1.82, 2.24) is 0 Å². The van der Waals surface area contributed by atoms with Crippen molar-refractivity contribution in [2.24, 2.45) is 28.6 Å². The molecule has 4 rings (SSSR count). The Kier molecular flexibility index (Phi) is 3.28. The van der Waals surface area contributed by atoms with Crippen LogP contribution in [-0.2, 0) is 9.59 Å². The Morgan fingerprint density at radius 1 is 1.09 bits per heavy atom. The van der Waals surface area contributed by atoms with Crippen LogP contribution < -0.4 is 0 Å². The van der Waals surface area contributed by atoms with Crippen molar-refractivity contribution in [2.45, 2.75) is 65.7 Å². The van der Waals surface area contributed by atoms with E-state index in [1.165, 1.54) is 18.4 Å². The maximum Gasteiger partial charge on any atom is 0.156 e. The summed E-state index contributed by atoms with van der Waals surface area (Å²) in [6, 6.07) is 0. The Labute approximate surface area is 139 Å². The molecular formula is C21H28O2. The smallest absolute Gasteiger partial charge is 0.156 e. The summed E-state index contributed by atoms with van der Waals surface area (Å²) in [7, 11) is 0. The van der Waals surface area contributed by atoms with Gasteiger partial charge in [0.1, 0.15) is 0 Å². The van der Waals surface area contributed by atoms with E-state index in [-0.39, 0.29) is 16.6 Å². The first kappa shape index (κ1) is 15.4. The quantitative estimate of drug-likeness (QED) is 0.706. The van der Waals surface area contributed by atoms with Crippen molar-refractivity contribution in [3.63, 3.8) is 0 Å². The van der Waals surface area contributed by atoms with Crippen molar-refractivity contribution in [3.8, 4) is 0 Å². The highest BCUT2D eigenvalue weighted by atomic mass is 16.1. The Morgan fingerprint density at radius 2 is 1.87 bits per heavy atom. The molecule has 0 aromatic rings. The first-order valence-corrected chi connectivity index (χ1v) is 9.32. The molecule has 23 heavy (non-hydrogen) atoms. The third-order valence-electron chi connectivity index (χ3n) is 7.92. The van der Waals surface area contributed by atoms with Gasteiger partial charge >= 0.3 is 0 Å². The monoisotopic (exact) mass is 312 g/mol. The van der Waals surface area contributed by atoms with Crippen LogP contribution in [0.15, 0.2) is 23.3 Å². The number of ketones is 2. The van der Waals surface area contributed by atoms with Crippen molar-refractivity contribution in [3.05, 3.63) is 23.3 Å². The maximum atomic E-state index is 12.1. The van der Waals surface area contributed by atoms with E-state index in [9.17, 15) is 9.59 Å². The lowest BCUT2D eigenvalue weighted by Crippen LogP contribution is -2.50. The number of hydrogen-bond donors (Lipinski definition) is 0. The zero-order chi connectivity index (χ0) is 16.4. The molecule has 2 nitrogen and oxygen atoms in total. The summed E-state index contributed by atoms with van der Waals surface area (Å²) in [6.45, 7) is 6.49. The lowest BCUT2D eigenvalue weighted by Gasteiger charge is -2.57. The molecule has 0 aliphatic heterocycles. The molecule has 2 fully saturated rings. The summed E-state index contributed by atoms with van der Waals surface area (Å²) in [5.41, 5.74) is 2.87. The third-order valence-corrected chi connectivity index (χ3v) is 7.92. The summed E-state index contributed by atoms with van der Waals surface area (Å²) in [5, 5.41) is 0. The Hall–Kier alpha value is -1.18. The van der Waals surface area contributed by atoms with E-state index in [1.54, 1.807) is 6.92 Å². The average Bonchev–Trinajstić information content (AvgIpc) is 2.85. The predicted octanol–water partition coefficient (Wildman–Crippen LogP) is 4.64. The minimum absolute atomic E-state index is 0.106.